The largest absolute Gasteiger partial charge is 0.349 e. The van der Waals surface area contributed by atoms with Gasteiger partial charge < -0.3 is 10.6 Å². The van der Waals surface area contributed by atoms with Crippen LogP contribution in [-0.4, -0.2) is 23.3 Å². The summed E-state index contributed by atoms with van der Waals surface area (Å²) in [6, 6.07) is 26.0. The standard InChI is InChI=1S/C25H26N2O2S/c1-18-7-6-10-23(15-18)27-25(29)17-30-16-24(28)26-19(2)20-11-13-22(14-12-20)21-8-4-3-5-9-21/h3-15,19H,16-17H2,1-2H3,(H,26,28)(H,27,29). The van der Waals surface area contributed by atoms with E-state index in [1.807, 2.05) is 68.4 Å². The molecule has 154 valence electrons. The highest BCUT2D eigenvalue weighted by atomic mass is 32.2. The van der Waals surface area contributed by atoms with Gasteiger partial charge in [0, 0.05) is 5.69 Å². The number of carbonyl (C=O) groups is 2. The number of nitrogens with one attached hydrogen (secondary N) is 2. The number of rotatable bonds is 8. The van der Waals surface area contributed by atoms with Crippen LogP contribution in [-0.2, 0) is 9.59 Å². The van der Waals surface area contributed by atoms with E-state index in [0.29, 0.717) is 0 Å². The minimum absolute atomic E-state index is 0.0806. The third kappa shape index (κ3) is 6.49. The van der Waals surface area contributed by atoms with Gasteiger partial charge in [0.05, 0.1) is 17.5 Å². The topological polar surface area (TPSA) is 58.2 Å². The van der Waals surface area contributed by atoms with Crippen molar-refractivity contribution in [3.8, 4) is 11.1 Å². The van der Waals surface area contributed by atoms with E-state index in [2.05, 4.69) is 34.9 Å². The van der Waals surface area contributed by atoms with Crippen LogP contribution >= 0.6 is 11.8 Å². The number of hydrogen-bond acceptors (Lipinski definition) is 3. The molecule has 1 unspecified atom stereocenters. The molecule has 3 aromatic rings. The van der Waals surface area contributed by atoms with Gasteiger partial charge in [0.1, 0.15) is 0 Å². The molecule has 3 rings (SSSR count). The van der Waals surface area contributed by atoms with Crippen molar-refractivity contribution in [3.05, 3.63) is 90.0 Å². The quantitative estimate of drug-likeness (QED) is 0.528. The highest BCUT2D eigenvalue weighted by Crippen LogP contribution is 2.21. The van der Waals surface area contributed by atoms with E-state index in [1.165, 1.54) is 17.3 Å². The maximum absolute atomic E-state index is 12.2. The van der Waals surface area contributed by atoms with Crippen molar-refractivity contribution in [2.75, 3.05) is 16.8 Å². The van der Waals surface area contributed by atoms with Crippen molar-refractivity contribution in [2.45, 2.75) is 19.9 Å². The van der Waals surface area contributed by atoms with E-state index < -0.39 is 0 Å². The molecule has 1 atom stereocenters. The average Bonchev–Trinajstić information content (AvgIpc) is 2.74. The van der Waals surface area contributed by atoms with Gasteiger partial charge >= 0.3 is 0 Å². The average molecular weight is 419 g/mol. The van der Waals surface area contributed by atoms with Gasteiger partial charge in [0.25, 0.3) is 0 Å². The zero-order valence-corrected chi connectivity index (χ0v) is 18.0. The second kappa shape index (κ2) is 10.6. The zero-order valence-electron chi connectivity index (χ0n) is 17.2. The van der Waals surface area contributed by atoms with E-state index >= 15 is 0 Å². The molecule has 0 saturated heterocycles. The lowest BCUT2D eigenvalue weighted by molar-refractivity contribution is -0.119. The molecule has 0 aliphatic carbocycles. The maximum Gasteiger partial charge on any atom is 0.234 e. The first-order valence-corrected chi connectivity index (χ1v) is 11.1. The molecule has 2 N–H and O–H groups in total. The number of anilines is 1. The Morgan fingerprint density at radius 2 is 1.50 bits per heavy atom. The molecular weight excluding hydrogens is 392 g/mol. The van der Waals surface area contributed by atoms with Crippen molar-refractivity contribution in [2.24, 2.45) is 0 Å². The molecule has 0 radical (unpaired) electrons. The van der Waals surface area contributed by atoms with Gasteiger partial charge in [-0.1, -0.05) is 66.7 Å². The summed E-state index contributed by atoms with van der Waals surface area (Å²) in [5.41, 5.74) is 5.22. The van der Waals surface area contributed by atoms with Gasteiger partial charge in [-0.05, 0) is 48.2 Å². The number of benzene rings is 3. The molecule has 0 aromatic heterocycles. The van der Waals surface area contributed by atoms with Gasteiger partial charge in [-0.2, -0.15) is 0 Å². The number of carbonyl (C=O) groups excluding carboxylic acids is 2. The lowest BCUT2D eigenvalue weighted by atomic mass is 10.0. The summed E-state index contributed by atoms with van der Waals surface area (Å²) in [7, 11) is 0. The molecule has 4 nitrogen and oxygen atoms in total. The summed E-state index contributed by atoms with van der Waals surface area (Å²) in [6.07, 6.45) is 0. The van der Waals surface area contributed by atoms with Crippen molar-refractivity contribution in [1.29, 1.82) is 0 Å². The smallest absolute Gasteiger partial charge is 0.234 e. The number of amides is 2. The van der Waals surface area contributed by atoms with E-state index in [0.717, 1.165) is 22.4 Å². The first-order valence-electron chi connectivity index (χ1n) is 9.90. The SMILES string of the molecule is Cc1cccc(NC(=O)CSCC(=O)NC(C)c2ccc(-c3ccccc3)cc2)c1. The summed E-state index contributed by atoms with van der Waals surface area (Å²) < 4.78 is 0. The van der Waals surface area contributed by atoms with Gasteiger partial charge in [-0.3, -0.25) is 9.59 Å². The Kier molecular flexibility index (Phi) is 7.69. The van der Waals surface area contributed by atoms with Crippen molar-refractivity contribution in [1.82, 2.24) is 5.32 Å². The molecule has 5 heteroatoms. The fourth-order valence-electron chi connectivity index (χ4n) is 3.12. The third-order valence-corrected chi connectivity index (χ3v) is 5.60. The van der Waals surface area contributed by atoms with E-state index in [1.54, 1.807) is 0 Å². The fourth-order valence-corrected chi connectivity index (χ4v) is 3.75. The second-order valence-corrected chi connectivity index (χ2v) is 8.17. The summed E-state index contributed by atoms with van der Waals surface area (Å²) in [5.74, 6) is 0.292. The minimum Gasteiger partial charge on any atom is -0.349 e. The molecule has 0 bridgehead atoms. The van der Waals surface area contributed by atoms with Crippen LogP contribution in [0.5, 0.6) is 0 Å². The summed E-state index contributed by atoms with van der Waals surface area (Å²) in [6.45, 7) is 3.94. The third-order valence-electron chi connectivity index (χ3n) is 4.66. The molecular formula is C25H26N2O2S. The summed E-state index contributed by atoms with van der Waals surface area (Å²) in [4.78, 5) is 24.3. The molecule has 30 heavy (non-hydrogen) atoms. The highest BCUT2D eigenvalue weighted by molar-refractivity contribution is 8.00. The Morgan fingerprint density at radius 1 is 0.833 bits per heavy atom. The first-order chi connectivity index (χ1) is 14.5. The Hall–Kier alpha value is -3.05. The lowest BCUT2D eigenvalue weighted by Crippen LogP contribution is -2.28. The Labute approximate surface area is 182 Å². The van der Waals surface area contributed by atoms with Crippen molar-refractivity contribution in [3.63, 3.8) is 0 Å². The summed E-state index contributed by atoms with van der Waals surface area (Å²) >= 11 is 1.31. The Bertz CT molecular complexity index is 988. The van der Waals surface area contributed by atoms with Gasteiger partial charge in [0.2, 0.25) is 11.8 Å². The van der Waals surface area contributed by atoms with Crippen molar-refractivity contribution >= 4 is 29.3 Å². The monoisotopic (exact) mass is 418 g/mol. The highest BCUT2D eigenvalue weighted by Gasteiger charge is 2.11. The van der Waals surface area contributed by atoms with Gasteiger partial charge in [0.15, 0.2) is 0 Å². The van der Waals surface area contributed by atoms with E-state index in [-0.39, 0.29) is 29.4 Å². The van der Waals surface area contributed by atoms with Gasteiger partial charge in [-0.25, -0.2) is 0 Å². The van der Waals surface area contributed by atoms with Crippen LogP contribution in [0, 0.1) is 6.92 Å². The van der Waals surface area contributed by atoms with Crippen LogP contribution < -0.4 is 10.6 Å². The van der Waals surface area contributed by atoms with Crippen LogP contribution in [0.1, 0.15) is 24.1 Å². The molecule has 0 saturated carbocycles. The lowest BCUT2D eigenvalue weighted by Gasteiger charge is -2.15. The first kappa shape index (κ1) is 21.7. The van der Waals surface area contributed by atoms with E-state index in [4.69, 9.17) is 0 Å². The van der Waals surface area contributed by atoms with Gasteiger partial charge in [-0.15, -0.1) is 11.8 Å². The minimum atomic E-state index is -0.108. The van der Waals surface area contributed by atoms with Crippen LogP contribution in [0.4, 0.5) is 5.69 Å². The van der Waals surface area contributed by atoms with Crippen LogP contribution in [0.3, 0.4) is 0 Å². The molecule has 0 spiro atoms. The normalized spacial score (nSPS) is 11.5. The molecule has 0 heterocycles. The number of hydrogen-bond donors (Lipinski definition) is 2. The van der Waals surface area contributed by atoms with Crippen LogP contribution in [0.25, 0.3) is 11.1 Å². The Morgan fingerprint density at radius 3 is 2.20 bits per heavy atom. The predicted octanol–water partition coefficient (Wildman–Crippen LogP) is 5.21. The fraction of sp³-hybridized carbons (Fsp3) is 0.200. The molecule has 0 aliphatic rings. The maximum atomic E-state index is 12.2. The predicted molar refractivity (Wildman–Crippen MR) is 126 cm³/mol. The van der Waals surface area contributed by atoms with Crippen LogP contribution in [0.15, 0.2) is 78.9 Å². The molecule has 2 amide bonds. The number of thioether (sulfide) groups is 1. The zero-order chi connectivity index (χ0) is 21.3. The summed E-state index contributed by atoms with van der Waals surface area (Å²) in [5, 5.41) is 5.85. The molecule has 0 fully saturated rings. The Balaban J connectivity index is 1.42. The van der Waals surface area contributed by atoms with Crippen LogP contribution in [0.2, 0.25) is 0 Å². The molecule has 3 aromatic carbocycles. The molecule has 0 aliphatic heterocycles. The van der Waals surface area contributed by atoms with Crippen molar-refractivity contribution < 1.29 is 9.59 Å². The van der Waals surface area contributed by atoms with E-state index in [9.17, 15) is 9.59 Å². The number of aryl methyl sites for hydroxylation is 1. The second-order valence-electron chi connectivity index (χ2n) is 7.19.